The molecule has 0 aliphatic carbocycles. The summed E-state index contributed by atoms with van der Waals surface area (Å²) in [7, 11) is 0. The molecule has 2 aromatic carbocycles. The van der Waals surface area contributed by atoms with Crippen LogP contribution in [0, 0.1) is 0 Å². The summed E-state index contributed by atoms with van der Waals surface area (Å²) in [4.78, 5) is 45.5. The average molecular weight is 555 g/mol. The molecule has 2 unspecified atom stereocenters. The highest BCUT2D eigenvalue weighted by Crippen LogP contribution is 2.32. The summed E-state index contributed by atoms with van der Waals surface area (Å²) in [5.41, 5.74) is 3.89. The van der Waals surface area contributed by atoms with E-state index in [2.05, 4.69) is 34.5 Å². The van der Waals surface area contributed by atoms with Gasteiger partial charge in [-0.3, -0.25) is 29.6 Å². The van der Waals surface area contributed by atoms with Crippen LogP contribution in [0.3, 0.4) is 0 Å². The maximum Gasteiger partial charge on any atom is 0.255 e. The Morgan fingerprint density at radius 2 is 1.85 bits per heavy atom. The number of ether oxygens (including phenoxy) is 2. The number of piperidine rings is 1. The molecule has 3 saturated heterocycles. The highest BCUT2D eigenvalue weighted by atomic mass is 16.5. The molecule has 0 saturated carbocycles. The fraction of sp³-hybridized carbons (Fsp3) is 0.438. The molecule has 3 fully saturated rings. The van der Waals surface area contributed by atoms with Crippen LogP contribution in [0.5, 0.6) is 5.75 Å². The number of carbonyl (C=O) groups is 3. The summed E-state index contributed by atoms with van der Waals surface area (Å²) >= 11 is 0. The number of amides is 3. The van der Waals surface area contributed by atoms with Gasteiger partial charge in [-0.15, -0.1) is 0 Å². The summed E-state index contributed by atoms with van der Waals surface area (Å²) in [6.45, 7) is 4.54. The third kappa shape index (κ3) is 5.31. The largest absolute Gasteiger partial charge is 0.489 e. The van der Waals surface area contributed by atoms with Crippen LogP contribution in [0.15, 0.2) is 48.7 Å². The van der Waals surface area contributed by atoms with Crippen LogP contribution >= 0.6 is 0 Å². The molecule has 3 amide bonds. The number of hydrogen-bond donors (Lipinski definition) is 1. The molecule has 1 N–H and O–H groups in total. The van der Waals surface area contributed by atoms with Gasteiger partial charge in [0.2, 0.25) is 11.8 Å². The van der Waals surface area contributed by atoms with Crippen LogP contribution in [-0.4, -0.2) is 71.0 Å². The maximum absolute atomic E-state index is 13.0. The fourth-order valence-electron chi connectivity index (χ4n) is 6.66. The molecule has 1 aromatic heterocycles. The van der Waals surface area contributed by atoms with E-state index in [1.807, 2.05) is 18.3 Å². The van der Waals surface area contributed by atoms with Crippen molar-refractivity contribution in [3.63, 3.8) is 0 Å². The van der Waals surface area contributed by atoms with Gasteiger partial charge in [-0.25, -0.2) is 0 Å². The van der Waals surface area contributed by atoms with Crippen LogP contribution in [-0.2, 0) is 27.4 Å². The number of rotatable bonds is 6. The monoisotopic (exact) mass is 554 g/mol. The fourth-order valence-corrected chi connectivity index (χ4v) is 6.66. The van der Waals surface area contributed by atoms with Gasteiger partial charge in [-0.05, 0) is 78.4 Å². The highest BCUT2D eigenvalue weighted by Gasteiger charge is 2.39. The summed E-state index contributed by atoms with van der Waals surface area (Å²) < 4.78 is 11.9. The number of nitrogens with one attached hydrogen (secondary N) is 1. The van der Waals surface area contributed by atoms with Crippen LogP contribution in [0.2, 0.25) is 0 Å². The Bertz CT molecular complexity index is 1520. The molecule has 0 spiro atoms. The van der Waals surface area contributed by atoms with Crippen molar-refractivity contribution in [1.82, 2.24) is 20.1 Å². The second kappa shape index (κ2) is 10.9. The number of pyridine rings is 1. The molecule has 7 rings (SSSR count). The number of imide groups is 1. The number of likely N-dealkylation sites (tertiary alicyclic amines) is 1. The number of fused-ring (bicyclic) bond motifs is 2. The molecule has 5 heterocycles. The van der Waals surface area contributed by atoms with Crippen molar-refractivity contribution in [3.8, 4) is 5.75 Å². The van der Waals surface area contributed by atoms with Crippen molar-refractivity contribution in [2.45, 2.75) is 63.3 Å². The molecule has 212 valence electrons. The van der Waals surface area contributed by atoms with Crippen molar-refractivity contribution in [1.29, 1.82) is 0 Å². The lowest BCUT2D eigenvalue weighted by Crippen LogP contribution is -2.52. The van der Waals surface area contributed by atoms with Crippen LogP contribution < -0.4 is 10.1 Å². The zero-order valence-electron chi connectivity index (χ0n) is 23.0. The smallest absolute Gasteiger partial charge is 0.255 e. The van der Waals surface area contributed by atoms with E-state index in [1.165, 1.54) is 16.3 Å². The molecular formula is C32H34N4O5. The van der Waals surface area contributed by atoms with Gasteiger partial charge < -0.3 is 14.4 Å². The highest BCUT2D eigenvalue weighted by molar-refractivity contribution is 6.05. The second-order valence-electron chi connectivity index (χ2n) is 11.7. The summed E-state index contributed by atoms with van der Waals surface area (Å²) in [5, 5.41) is 4.75. The third-order valence-electron chi connectivity index (χ3n) is 8.91. The zero-order chi connectivity index (χ0) is 27.9. The first-order valence-electron chi connectivity index (χ1n) is 14.6. The van der Waals surface area contributed by atoms with Crippen LogP contribution in [0.4, 0.5) is 0 Å². The van der Waals surface area contributed by atoms with Gasteiger partial charge in [0.05, 0.1) is 5.69 Å². The average Bonchev–Trinajstić information content (AvgIpc) is 3.56. The second-order valence-corrected chi connectivity index (χ2v) is 11.7. The summed E-state index contributed by atoms with van der Waals surface area (Å²) in [6, 6.07) is 13.9. The van der Waals surface area contributed by atoms with Crippen molar-refractivity contribution in [2.75, 3.05) is 26.3 Å². The lowest BCUT2D eigenvalue weighted by atomic mass is 9.90. The first-order valence-corrected chi connectivity index (χ1v) is 14.6. The third-order valence-corrected chi connectivity index (χ3v) is 8.91. The Balaban J connectivity index is 0.960. The van der Waals surface area contributed by atoms with Crippen molar-refractivity contribution >= 4 is 28.5 Å². The first-order chi connectivity index (χ1) is 20.0. The van der Waals surface area contributed by atoms with E-state index in [1.54, 1.807) is 11.0 Å². The predicted molar refractivity (Wildman–Crippen MR) is 151 cm³/mol. The molecular weight excluding hydrogens is 520 g/mol. The van der Waals surface area contributed by atoms with Gasteiger partial charge >= 0.3 is 0 Å². The number of benzene rings is 2. The van der Waals surface area contributed by atoms with E-state index in [0.717, 1.165) is 69.1 Å². The standard InChI is InChI=1S/C32H34N4O5/c37-30-6-5-29(31(38)34-30)36-17-24-15-26(3-4-28(24)32(36)39)41-27-7-10-35(19-27)18-25-14-22-2-1-21(13-23(22)16-33-25)20-8-11-40-12-9-20/h1-4,13-16,20,27,29H,5-12,17-19H2,(H,34,37,38). The number of hydrogen-bond acceptors (Lipinski definition) is 7. The minimum absolute atomic E-state index is 0.0545. The minimum Gasteiger partial charge on any atom is -0.489 e. The van der Waals surface area contributed by atoms with E-state index in [9.17, 15) is 14.4 Å². The Kier molecular flexibility index (Phi) is 6.92. The van der Waals surface area contributed by atoms with Crippen molar-refractivity contribution < 1.29 is 23.9 Å². The normalized spacial score (nSPS) is 23.7. The van der Waals surface area contributed by atoms with E-state index in [0.29, 0.717) is 24.4 Å². The molecule has 9 nitrogen and oxygen atoms in total. The Morgan fingerprint density at radius 3 is 2.71 bits per heavy atom. The number of nitrogens with zero attached hydrogens (tertiary/aromatic N) is 3. The quantitative estimate of drug-likeness (QED) is 0.465. The molecule has 3 aromatic rings. The SMILES string of the molecule is O=C1CCC(N2Cc3cc(OC4CCN(Cc5cc6ccc(C7CCOCC7)cc6cn5)C4)ccc3C2=O)C(=O)N1. The molecule has 0 bridgehead atoms. The van der Waals surface area contributed by atoms with Crippen molar-refractivity contribution in [2.24, 2.45) is 0 Å². The van der Waals surface area contributed by atoms with Gasteiger partial charge in [0.1, 0.15) is 17.9 Å². The van der Waals surface area contributed by atoms with Gasteiger partial charge in [-0.2, -0.15) is 0 Å². The minimum atomic E-state index is -0.613. The Morgan fingerprint density at radius 1 is 0.976 bits per heavy atom. The summed E-state index contributed by atoms with van der Waals surface area (Å²) in [5.74, 6) is 0.455. The van der Waals surface area contributed by atoms with Crippen molar-refractivity contribution in [3.05, 3.63) is 71.0 Å². The van der Waals surface area contributed by atoms with Crippen LogP contribution in [0.1, 0.15) is 65.2 Å². The molecule has 41 heavy (non-hydrogen) atoms. The zero-order valence-corrected chi connectivity index (χ0v) is 23.0. The van der Waals surface area contributed by atoms with Gasteiger partial charge in [0.25, 0.3) is 5.91 Å². The maximum atomic E-state index is 13.0. The lowest BCUT2D eigenvalue weighted by Gasteiger charge is -2.29. The van der Waals surface area contributed by atoms with Gasteiger partial charge in [0.15, 0.2) is 0 Å². The summed E-state index contributed by atoms with van der Waals surface area (Å²) in [6.07, 6.45) is 5.74. The molecule has 0 radical (unpaired) electrons. The lowest BCUT2D eigenvalue weighted by molar-refractivity contribution is -0.136. The molecule has 4 aliphatic rings. The van der Waals surface area contributed by atoms with E-state index < -0.39 is 11.9 Å². The molecule has 2 atom stereocenters. The number of carbonyl (C=O) groups excluding carboxylic acids is 3. The predicted octanol–water partition coefficient (Wildman–Crippen LogP) is 3.54. The Labute approximate surface area is 238 Å². The Hall–Kier alpha value is -3.82. The molecule has 9 heteroatoms. The van der Waals surface area contributed by atoms with Gasteiger partial charge in [-0.1, -0.05) is 12.1 Å². The number of aromatic nitrogens is 1. The van der Waals surface area contributed by atoms with Crippen LogP contribution in [0.25, 0.3) is 10.8 Å². The molecule has 4 aliphatic heterocycles. The van der Waals surface area contributed by atoms with E-state index >= 15 is 0 Å². The van der Waals surface area contributed by atoms with E-state index in [4.69, 9.17) is 14.5 Å². The van der Waals surface area contributed by atoms with Gasteiger partial charge in [0, 0.05) is 63.0 Å². The van der Waals surface area contributed by atoms with E-state index in [-0.39, 0.29) is 24.3 Å². The topological polar surface area (TPSA) is 101 Å². The first kappa shape index (κ1) is 26.1.